The van der Waals surface area contributed by atoms with Gasteiger partial charge in [-0.15, -0.1) is 0 Å². The number of allylic oxidation sites excluding steroid dienone is 4. The van der Waals surface area contributed by atoms with Crippen molar-refractivity contribution in [2.45, 2.75) is 13.3 Å². The minimum Gasteiger partial charge on any atom is -0.403 e. The molecule has 0 aromatic heterocycles. The fourth-order valence-electron chi connectivity index (χ4n) is 0.840. The third-order valence-electron chi connectivity index (χ3n) is 1.44. The van der Waals surface area contributed by atoms with Gasteiger partial charge in [-0.2, -0.15) is 0 Å². The summed E-state index contributed by atoms with van der Waals surface area (Å²) in [5.41, 5.74) is 7.50. The van der Waals surface area contributed by atoms with Crippen LogP contribution in [0.1, 0.15) is 13.3 Å². The third-order valence-corrected chi connectivity index (χ3v) is 1.44. The van der Waals surface area contributed by atoms with Gasteiger partial charge in [0.2, 0.25) is 0 Å². The second kappa shape index (κ2) is 3.11. The van der Waals surface area contributed by atoms with Gasteiger partial charge in [0.15, 0.2) is 0 Å². The molecule has 0 aromatic carbocycles. The zero-order valence-electron chi connectivity index (χ0n) is 6.09. The first kappa shape index (κ1) is 6.93. The second-order valence-corrected chi connectivity index (χ2v) is 2.15. The average molecular weight is 136 g/mol. The van der Waals surface area contributed by atoms with E-state index < -0.39 is 0 Å². The molecule has 1 aliphatic rings. The predicted molar refractivity (Wildman–Crippen MR) is 42.9 cm³/mol. The monoisotopic (exact) mass is 136 g/mol. The number of nitrogens with one attached hydrogen (secondary N) is 1. The molecule has 0 atom stereocenters. The second-order valence-electron chi connectivity index (χ2n) is 2.15. The van der Waals surface area contributed by atoms with E-state index in [9.17, 15) is 0 Å². The van der Waals surface area contributed by atoms with Crippen molar-refractivity contribution in [1.29, 1.82) is 0 Å². The van der Waals surface area contributed by atoms with E-state index in [0.717, 1.165) is 12.1 Å². The molecule has 0 spiro atoms. The van der Waals surface area contributed by atoms with Crippen LogP contribution >= 0.6 is 0 Å². The smallest absolute Gasteiger partial charge is 0.0539 e. The number of hydrogen-bond donors (Lipinski definition) is 2. The van der Waals surface area contributed by atoms with Crippen molar-refractivity contribution in [3.8, 4) is 0 Å². The lowest BCUT2D eigenvalue weighted by molar-refractivity contribution is 0.899. The summed E-state index contributed by atoms with van der Waals surface area (Å²) in [4.78, 5) is 0. The number of hydrogen-bond acceptors (Lipinski definition) is 2. The molecule has 0 aliphatic carbocycles. The van der Waals surface area contributed by atoms with Crippen LogP contribution < -0.4 is 11.1 Å². The molecule has 0 aromatic rings. The van der Waals surface area contributed by atoms with E-state index in [1.807, 2.05) is 18.2 Å². The van der Waals surface area contributed by atoms with E-state index in [1.54, 1.807) is 6.20 Å². The molecule has 0 saturated carbocycles. The van der Waals surface area contributed by atoms with Gasteiger partial charge in [0.25, 0.3) is 0 Å². The molecule has 54 valence electrons. The van der Waals surface area contributed by atoms with Crippen LogP contribution in [0.15, 0.2) is 35.8 Å². The minimum absolute atomic E-state index is 0.972. The molecule has 0 fully saturated rings. The van der Waals surface area contributed by atoms with Crippen molar-refractivity contribution in [3.63, 3.8) is 0 Å². The molecule has 3 N–H and O–H groups in total. The van der Waals surface area contributed by atoms with Gasteiger partial charge in [-0.3, -0.25) is 0 Å². The van der Waals surface area contributed by atoms with Crippen LogP contribution in [-0.4, -0.2) is 0 Å². The molecule has 0 bridgehead atoms. The maximum absolute atomic E-state index is 5.32. The molecule has 2 nitrogen and oxygen atoms in total. The fourth-order valence-corrected chi connectivity index (χ4v) is 0.840. The first-order valence-electron chi connectivity index (χ1n) is 3.43. The number of nitrogens with two attached hydrogens (primary N) is 1. The highest BCUT2D eigenvalue weighted by atomic mass is 14.9. The standard InChI is InChI=1S/C8H12N2/c1-2-7-4-3-5-8(6-9)10-7/h3-6,10H,2,9H2,1H3. The van der Waals surface area contributed by atoms with Crippen LogP contribution in [0, 0.1) is 0 Å². The Hall–Kier alpha value is -1.18. The van der Waals surface area contributed by atoms with Crippen molar-refractivity contribution in [1.82, 2.24) is 5.32 Å². The van der Waals surface area contributed by atoms with Gasteiger partial charge in [0.1, 0.15) is 0 Å². The van der Waals surface area contributed by atoms with E-state index in [0.29, 0.717) is 0 Å². The largest absolute Gasteiger partial charge is 0.403 e. The molecular formula is C8H12N2. The maximum atomic E-state index is 5.32. The number of rotatable bonds is 1. The summed E-state index contributed by atoms with van der Waals surface area (Å²) in [6.07, 6.45) is 8.57. The normalized spacial score (nSPS) is 20.5. The topological polar surface area (TPSA) is 38.0 Å². The van der Waals surface area contributed by atoms with Crippen LogP contribution in [0.25, 0.3) is 0 Å². The molecule has 1 heterocycles. The predicted octanol–water partition coefficient (Wildman–Crippen LogP) is 1.24. The molecule has 0 saturated heterocycles. The van der Waals surface area contributed by atoms with Gasteiger partial charge in [0.05, 0.1) is 5.70 Å². The van der Waals surface area contributed by atoms with Gasteiger partial charge in [-0.25, -0.2) is 0 Å². The van der Waals surface area contributed by atoms with Gasteiger partial charge >= 0.3 is 0 Å². The Morgan fingerprint density at radius 1 is 1.70 bits per heavy atom. The highest BCUT2D eigenvalue weighted by Gasteiger charge is 1.97. The van der Waals surface area contributed by atoms with E-state index >= 15 is 0 Å². The zero-order valence-corrected chi connectivity index (χ0v) is 6.09. The Kier molecular flexibility index (Phi) is 2.15. The van der Waals surface area contributed by atoms with Gasteiger partial charge < -0.3 is 11.1 Å². The summed E-state index contributed by atoms with van der Waals surface area (Å²) >= 11 is 0. The van der Waals surface area contributed by atoms with Crippen LogP contribution in [0.5, 0.6) is 0 Å². The Balaban J connectivity index is 2.68. The average Bonchev–Trinajstić information content (AvgIpc) is 2.05. The molecule has 10 heavy (non-hydrogen) atoms. The summed E-state index contributed by atoms with van der Waals surface area (Å²) in [5.74, 6) is 0. The Bertz CT molecular complexity index is 199. The molecule has 0 radical (unpaired) electrons. The molecule has 1 aliphatic heterocycles. The highest BCUT2D eigenvalue weighted by Crippen LogP contribution is 2.06. The lowest BCUT2D eigenvalue weighted by Gasteiger charge is -2.11. The molecule has 1 rings (SSSR count). The van der Waals surface area contributed by atoms with Gasteiger partial charge in [-0.1, -0.05) is 13.0 Å². The summed E-state index contributed by atoms with van der Waals surface area (Å²) in [7, 11) is 0. The van der Waals surface area contributed by atoms with E-state index in [2.05, 4.69) is 12.2 Å². The van der Waals surface area contributed by atoms with E-state index in [4.69, 9.17) is 5.73 Å². The van der Waals surface area contributed by atoms with Crippen LogP contribution in [0.3, 0.4) is 0 Å². The fraction of sp³-hybridized carbons (Fsp3) is 0.250. The van der Waals surface area contributed by atoms with Crippen LogP contribution in [-0.2, 0) is 0 Å². The highest BCUT2D eigenvalue weighted by molar-refractivity contribution is 5.30. The summed E-state index contributed by atoms with van der Waals surface area (Å²) in [6.45, 7) is 2.10. The lowest BCUT2D eigenvalue weighted by atomic mass is 10.2. The van der Waals surface area contributed by atoms with Crippen molar-refractivity contribution >= 4 is 0 Å². The quantitative estimate of drug-likeness (QED) is 0.569. The first-order chi connectivity index (χ1) is 4.86. The van der Waals surface area contributed by atoms with Gasteiger partial charge in [0, 0.05) is 11.9 Å². The summed E-state index contributed by atoms with van der Waals surface area (Å²) < 4.78 is 0. The summed E-state index contributed by atoms with van der Waals surface area (Å²) in [5, 5.41) is 3.16. The Morgan fingerprint density at radius 3 is 3.10 bits per heavy atom. The van der Waals surface area contributed by atoms with E-state index in [-0.39, 0.29) is 0 Å². The molecule has 2 heteroatoms. The lowest BCUT2D eigenvalue weighted by Crippen LogP contribution is -2.14. The van der Waals surface area contributed by atoms with E-state index in [1.165, 1.54) is 5.70 Å². The SMILES string of the molecule is CCC1=CC=CC(=CN)N1. The zero-order chi connectivity index (χ0) is 7.40. The Morgan fingerprint density at radius 2 is 2.50 bits per heavy atom. The van der Waals surface area contributed by atoms with Crippen molar-refractivity contribution in [3.05, 3.63) is 35.8 Å². The maximum Gasteiger partial charge on any atom is 0.0539 e. The third kappa shape index (κ3) is 1.41. The van der Waals surface area contributed by atoms with Gasteiger partial charge in [-0.05, 0) is 18.6 Å². The van der Waals surface area contributed by atoms with Crippen molar-refractivity contribution in [2.75, 3.05) is 0 Å². The molecule has 0 amide bonds. The van der Waals surface area contributed by atoms with Crippen molar-refractivity contribution < 1.29 is 0 Å². The Labute approximate surface area is 61.1 Å². The molecular weight excluding hydrogens is 124 g/mol. The van der Waals surface area contributed by atoms with Crippen LogP contribution in [0.2, 0.25) is 0 Å². The first-order valence-corrected chi connectivity index (χ1v) is 3.43. The summed E-state index contributed by atoms with van der Waals surface area (Å²) in [6, 6.07) is 0. The van der Waals surface area contributed by atoms with Crippen molar-refractivity contribution in [2.24, 2.45) is 5.73 Å². The van der Waals surface area contributed by atoms with Crippen LogP contribution in [0.4, 0.5) is 0 Å². The molecule has 0 unspecified atom stereocenters. The number of dihydropyridines is 1. The minimum atomic E-state index is 0.972.